The van der Waals surface area contributed by atoms with Crippen LogP contribution in [0.15, 0.2) is 0 Å². The van der Waals surface area contributed by atoms with Gasteiger partial charge in [0.05, 0.1) is 12.4 Å². The monoisotopic (exact) mass is 174 g/mol. The molecule has 4 heteroatoms. The molecule has 0 bridgehead atoms. The molecule has 1 fully saturated rings. The van der Waals surface area contributed by atoms with Crippen LogP contribution in [0, 0.1) is 0 Å². The average Bonchev–Trinajstić information content (AvgIpc) is 2.36. The lowest BCUT2D eigenvalue weighted by molar-refractivity contribution is -0.515. The van der Waals surface area contributed by atoms with E-state index in [2.05, 4.69) is 6.72 Å². The van der Waals surface area contributed by atoms with Gasteiger partial charge in [0, 0.05) is 0 Å². The van der Waals surface area contributed by atoms with Gasteiger partial charge in [0.15, 0.2) is 5.88 Å². The molecule has 0 spiro atoms. The summed E-state index contributed by atoms with van der Waals surface area (Å²) in [6.07, 6.45) is 0. The Hall–Kier alpha value is -0.510. The second kappa shape index (κ2) is 3.76. The van der Waals surface area contributed by atoms with Gasteiger partial charge in [-0.2, -0.15) is 0 Å². The molecule has 1 aliphatic heterocycles. The zero-order valence-corrected chi connectivity index (χ0v) is 7.39. The molecule has 0 amide bonds. The Morgan fingerprint density at radius 3 is 3.09 bits per heavy atom. The Morgan fingerprint density at radius 1 is 1.91 bits per heavy atom. The fourth-order valence-corrected chi connectivity index (χ4v) is 2.02. The minimum atomic E-state index is -0.146. The molecule has 62 valence electrons. The summed E-state index contributed by atoms with van der Waals surface area (Å²) in [5.74, 6) is 1.48. The van der Waals surface area contributed by atoms with E-state index in [1.165, 1.54) is 0 Å². The molecule has 1 rings (SSSR count). The molecular weight excluding hydrogens is 162 g/mol. The highest BCUT2D eigenvalue weighted by molar-refractivity contribution is 7.99. The molecule has 0 aromatic heterocycles. The molecule has 0 N–H and O–H groups in total. The lowest BCUT2D eigenvalue weighted by Crippen LogP contribution is -2.31. The first-order chi connectivity index (χ1) is 5.25. The predicted molar refractivity (Wildman–Crippen MR) is 45.1 cm³/mol. The maximum atomic E-state index is 11.1. The topological polar surface area (TPSA) is 29.3 Å². The number of hydrogen-bond donors (Lipinski definition) is 0. The lowest BCUT2D eigenvalue weighted by atomic mass is 10.3. The van der Waals surface area contributed by atoms with Crippen molar-refractivity contribution in [1.29, 1.82) is 0 Å². The molecule has 3 nitrogen and oxygen atoms in total. The van der Waals surface area contributed by atoms with E-state index in [-0.39, 0.29) is 12.0 Å². The number of esters is 1. The Balaban J connectivity index is 2.46. The molecule has 0 saturated carbocycles. The van der Waals surface area contributed by atoms with Crippen molar-refractivity contribution in [3.63, 3.8) is 0 Å². The van der Waals surface area contributed by atoms with E-state index in [0.717, 1.165) is 11.6 Å². The predicted octanol–water partition coefficient (Wildman–Crippen LogP) is 0.335. The number of carbonyl (C=O) groups is 1. The van der Waals surface area contributed by atoms with Crippen molar-refractivity contribution in [2.75, 3.05) is 18.2 Å². The molecule has 0 aromatic rings. The maximum Gasteiger partial charge on any atom is 0.376 e. The smallest absolute Gasteiger partial charge is 0.376 e. The fourth-order valence-electron chi connectivity index (χ4n) is 0.933. The van der Waals surface area contributed by atoms with Gasteiger partial charge in [-0.25, -0.2) is 9.37 Å². The van der Waals surface area contributed by atoms with Crippen LogP contribution in [0.5, 0.6) is 0 Å². The van der Waals surface area contributed by atoms with E-state index >= 15 is 0 Å². The summed E-state index contributed by atoms with van der Waals surface area (Å²) < 4.78 is 6.63. The third-order valence-electron chi connectivity index (χ3n) is 1.53. The van der Waals surface area contributed by atoms with Crippen molar-refractivity contribution >= 4 is 24.4 Å². The van der Waals surface area contributed by atoms with E-state index in [1.54, 1.807) is 16.3 Å². The van der Waals surface area contributed by atoms with Crippen molar-refractivity contribution in [2.24, 2.45) is 0 Å². The van der Waals surface area contributed by atoms with Crippen molar-refractivity contribution in [3.8, 4) is 0 Å². The summed E-state index contributed by atoms with van der Waals surface area (Å²) in [6, 6.07) is -0.125. The van der Waals surface area contributed by atoms with Crippen LogP contribution in [0.25, 0.3) is 0 Å². The molecule has 11 heavy (non-hydrogen) atoms. The number of ether oxygens (including phenoxy) is 1. The van der Waals surface area contributed by atoms with Crippen molar-refractivity contribution < 1.29 is 14.1 Å². The van der Waals surface area contributed by atoms with Crippen LogP contribution in [-0.4, -0.2) is 41.5 Å². The molecule has 0 aromatic carbocycles. The van der Waals surface area contributed by atoms with Crippen molar-refractivity contribution in [2.45, 2.75) is 13.0 Å². The normalized spacial score (nSPS) is 23.7. The average molecular weight is 174 g/mol. The largest absolute Gasteiger partial charge is 0.461 e. The molecule has 1 aliphatic rings. The zero-order chi connectivity index (χ0) is 8.27. The molecule has 1 saturated heterocycles. The molecule has 0 radical (unpaired) electrons. The first-order valence-corrected chi connectivity index (χ1v) is 4.72. The van der Waals surface area contributed by atoms with E-state index in [9.17, 15) is 4.79 Å². The van der Waals surface area contributed by atoms with Crippen molar-refractivity contribution in [1.82, 2.24) is 0 Å². The maximum absolute atomic E-state index is 11.1. The minimum Gasteiger partial charge on any atom is -0.461 e. The van der Waals surface area contributed by atoms with Gasteiger partial charge in [0.25, 0.3) is 6.04 Å². The van der Waals surface area contributed by atoms with E-state index in [0.29, 0.717) is 6.61 Å². The van der Waals surface area contributed by atoms with E-state index < -0.39 is 0 Å². The summed E-state index contributed by atoms with van der Waals surface area (Å²) in [6.45, 7) is 6.00. The summed E-state index contributed by atoms with van der Waals surface area (Å²) in [5, 5.41) is 0. The lowest BCUT2D eigenvalue weighted by Gasteiger charge is -2.03. The number of carbonyl (C=O) groups excluding carboxylic acids is 1. The molecule has 1 heterocycles. The third-order valence-corrected chi connectivity index (χ3v) is 2.60. The molecule has 0 unspecified atom stereocenters. The number of nitrogens with zero attached hydrogens (tertiary/aromatic N) is 1. The van der Waals surface area contributed by atoms with Gasteiger partial charge in [-0.3, -0.25) is 0 Å². The van der Waals surface area contributed by atoms with Crippen LogP contribution < -0.4 is 0 Å². The van der Waals surface area contributed by atoms with E-state index in [4.69, 9.17) is 4.74 Å². The number of hydrogen-bond acceptors (Lipinski definition) is 3. The summed E-state index contributed by atoms with van der Waals surface area (Å²) in [5.41, 5.74) is 0. The Bertz CT molecular complexity index is 181. The fraction of sp³-hybridized carbons (Fsp3) is 0.714. The van der Waals surface area contributed by atoms with Crippen LogP contribution in [0.4, 0.5) is 0 Å². The number of rotatable bonds is 2. The van der Waals surface area contributed by atoms with Crippen LogP contribution in [-0.2, 0) is 9.53 Å². The summed E-state index contributed by atoms with van der Waals surface area (Å²) in [4.78, 5) is 11.1. The van der Waals surface area contributed by atoms with Crippen LogP contribution >= 0.6 is 11.8 Å². The van der Waals surface area contributed by atoms with Crippen LogP contribution in [0.1, 0.15) is 6.92 Å². The molecule has 0 aliphatic carbocycles. The van der Waals surface area contributed by atoms with Crippen LogP contribution in [0.3, 0.4) is 0 Å². The summed E-state index contributed by atoms with van der Waals surface area (Å²) in [7, 11) is 0. The second-order valence-corrected chi connectivity index (χ2v) is 3.36. The van der Waals surface area contributed by atoms with Crippen molar-refractivity contribution in [3.05, 3.63) is 0 Å². The summed E-state index contributed by atoms with van der Waals surface area (Å²) >= 11 is 1.71. The first-order valence-electron chi connectivity index (χ1n) is 3.57. The Labute approximate surface area is 70.4 Å². The highest BCUT2D eigenvalue weighted by Crippen LogP contribution is 2.15. The molecular formula is C7H12NO2S+. The van der Waals surface area contributed by atoms with Gasteiger partial charge >= 0.3 is 5.97 Å². The van der Waals surface area contributed by atoms with Gasteiger partial charge in [0.2, 0.25) is 0 Å². The van der Waals surface area contributed by atoms with Crippen LogP contribution in [0.2, 0.25) is 0 Å². The van der Waals surface area contributed by atoms with Gasteiger partial charge in [-0.1, -0.05) is 11.8 Å². The SMILES string of the molecule is C=[N+]1CSC[C@H]1C(=O)OCC. The highest BCUT2D eigenvalue weighted by Gasteiger charge is 2.34. The molecule has 1 atom stereocenters. The third kappa shape index (κ3) is 1.96. The van der Waals surface area contributed by atoms with Gasteiger partial charge < -0.3 is 4.74 Å². The van der Waals surface area contributed by atoms with Gasteiger partial charge in [-0.05, 0) is 6.92 Å². The Kier molecular flexibility index (Phi) is 2.93. The zero-order valence-electron chi connectivity index (χ0n) is 6.58. The standard InChI is InChI=1S/C7H12NO2S/c1-3-10-7(9)6-4-11-5-8(6)2/h6H,2-5H2,1H3/q+1/t6-/m0/s1. The van der Waals surface area contributed by atoms with Gasteiger partial charge in [0.1, 0.15) is 6.72 Å². The highest BCUT2D eigenvalue weighted by atomic mass is 32.2. The number of thioether (sulfide) groups is 1. The Morgan fingerprint density at radius 2 is 2.64 bits per heavy atom. The first kappa shape index (κ1) is 8.59. The second-order valence-electron chi connectivity index (χ2n) is 2.36. The van der Waals surface area contributed by atoms with Gasteiger partial charge in [-0.15, -0.1) is 0 Å². The quantitative estimate of drug-likeness (QED) is 0.446. The van der Waals surface area contributed by atoms with E-state index in [1.807, 2.05) is 6.92 Å². The minimum absolute atomic E-state index is 0.125.